The summed E-state index contributed by atoms with van der Waals surface area (Å²) in [6.07, 6.45) is -1.22. The Labute approximate surface area is 126 Å². The Balaban J connectivity index is 1.90. The topological polar surface area (TPSA) is 87.0 Å². The molecule has 0 bridgehead atoms. The van der Waals surface area contributed by atoms with Gasteiger partial charge in [0, 0.05) is 5.56 Å². The first kappa shape index (κ1) is 14.1. The lowest BCUT2D eigenvalue weighted by molar-refractivity contribution is -0.160. The number of aliphatic hydroxyl groups is 1. The molecular weight excluding hydrogens is 284 g/mol. The number of rotatable bonds is 3. The highest BCUT2D eigenvalue weighted by atomic mass is 16.3. The van der Waals surface area contributed by atoms with Gasteiger partial charge in [-0.3, -0.25) is 14.5 Å². The summed E-state index contributed by atoms with van der Waals surface area (Å²) < 4.78 is 0. The fraction of sp³-hybridized carbons (Fsp3) is 0.125. The van der Waals surface area contributed by atoms with E-state index in [1.54, 1.807) is 24.3 Å². The van der Waals surface area contributed by atoms with Crippen LogP contribution in [0.3, 0.4) is 0 Å². The summed E-state index contributed by atoms with van der Waals surface area (Å²) in [4.78, 5) is 35.7. The van der Waals surface area contributed by atoms with Crippen LogP contribution in [-0.2, 0) is 4.79 Å². The van der Waals surface area contributed by atoms with Crippen molar-refractivity contribution in [2.24, 2.45) is 5.18 Å². The maximum Gasteiger partial charge on any atom is 0.261 e. The number of aliphatic hydroxyl groups excluding tert-OH is 1. The van der Waals surface area contributed by atoms with Crippen molar-refractivity contribution >= 4 is 17.5 Å². The average molecular weight is 296 g/mol. The Morgan fingerprint density at radius 2 is 1.68 bits per heavy atom. The van der Waals surface area contributed by atoms with Gasteiger partial charge >= 0.3 is 0 Å². The van der Waals surface area contributed by atoms with E-state index in [0.29, 0.717) is 5.56 Å². The van der Waals surface area contributed by atoms with E-state index in [9.17, 15) is 19.6 Å². The van der Waals surface area contributed by atoms with Crippen molar-refractivity contribution in [1.82, 2.24) is 4.90 Å². The van der Waals surface area contributed by atoms with Crippen molar-refractivity contribution < 1.29 is 14.7 Å². The van der Waals surface area contributed by atoms with Crippen LogP contribution in [0.1, 0.15) is 22.0 Å². The van der Waals surface area contributed by atoms with Gasteiger partial charge < -0.3 is 5.11 Å². The molecule has 0 aliphatic carbocycles. The summed E-state index contributed by atoms with van der Waals surface area (Å²) in [5, 5.41) is 12.6. The number of carbonyl (C=O) groups is 2. The Hall–Kier alpha value is -2.86. The lowest BCUT2D eigenvalue weighted by Gasteiger charge is -2.43. The fourth-order valence-corrected chi connectivity index (χ4v) is 2.49. The third-order valence-electron chi connectivity index (χ3n) is 3.65. The Kier molecular flexibility index (Phi) is 3.52. The number of carbonyl (C=O) groups excluding carboxylic acids is 2. The fourth-order valence-electron chi connectivity index (χ4n) is 2.49. The van der Waals surface area contributed by atoms with Gasteiger partial charge in [0.25, 0.3) is 11.8 Å². The van der Waals surface area contributed by atoms with Crippen LogP contribution >= 0.6 is 0 Å². The van der Waals surface area contributed by atoms with E-state index in [1.807, 2.05) is 6.07 Å². The number of imide groups is 1. The molecule has 110 valence electrons. The Bertz CT molecular complexity index is 728. The van der Waals surface area contributed by atoms with Crippen LogP contribution < -0.4 is 0 Å². The summed E-state index contributed by atoms with van der Waals surface area (Å²) in [5.41, 5.74) is 1.15. The van der Waals surface area contributed by atoms with Crippen LogP contribution in [0.15, 0.2) is 59.8 Å². The summed E-state index contributed by atoms with van der Waals surface area (Å²) in [6.45, 7) is 0. The van der Waals surface area contributed by atoms with E-state index >= 15 is 0 Å². The highest BCUT2D eigenvalue weighted by molar-refractivity contribution is 6.10. The predicted octanol–water partition coefficient (Wildman–Crippen LogP) is 2.17. The van der Waals surface area contributed by atoms with Crippen LogP contribution in [-0.4, -0.2) is 27.9 Å². The molecule has 2 amide bonds. The Morgan fingerprint density at radius 1 is 1.05 bits per heavy atom. The average Bonchev–Trinajstić information content (AvgIpc) is 2.59. The largest absolute Gasteiger partial charge is 0.381 e. The molecule has 22 heavy (non-hydrogen) atoms. The number of nitrogens with zero attached hydrogens (tertiary/aromatic N) is 2. The van der Waals surface area contributed by atoms with Crippen molar-refractivity contribution in [3.63, 3.8) is 0 Å². The number of amides is 2. The van der Waals surface area contributed by atoms with Gasteiger partial charge in [-0.15, -0.1) is 4.91 Å². The molecule has 1 fully saturated rings. The van der Waals surface area contributed by atoms with Gasteiger partial charge in [-0.2, -0.15) is 0 Å². The standard InChI is InChI=1S/C16H12N2O4/c19-14-13(10-4-2-1-3-5-10)18(16(14)21)15(20)11-6-8-12(17-22)9-7-11/h1-9,13-14,19H/t13-,14+/m0/s1. The van der Waals surface area contributed by atoms with Crippen molar-refractivity contribution in [2.45, 2.75) is 12.1 Å². The zero-order valence-electron chi connectivity index (χ0n) is 11.4. The molecule has 6 heteroatoms. The van der Waals surface area contributed by atoms with Crippen LogP contribution in [0.5, 0.6) is 0 Å². The smallest absolute Gasteiger partial charge is 0.261 e. The van der Waals surface area contributed by atoms with Crippen LogP contribution in [0, 0.1) is 4.91 Å². The quantitative estimate of drug-likeness (QED) is 0.534. The second-order valence-corrected chi connectivity index (χ2v) is 4.95. The lowest BCUT2D eigenvalue weighted by Crippen LogP contribution is -2.60. The van der Waals surface area contributed by atoms with Gasteiger partial charge in [0.1, 0.15) is 11.7 Å². The first-order chi connectivity index (χ1) is 10.6. The second-order valence-electron chi connectivity index (χ2n) is 4.95. The molecule has 1 heterocycles. The van der Waals surface area contributed by atoms with Gasteiger partial charge in [-0.05, 0) is 35.0 Å². The third kappa shape index (κ3) is 2.19. The van der Waals surface area contributed by atoms with Gasteiger partial charge in [0.2, 0.25) is 0 Å². The van der Waals surface area contributed by atoms with Crippen molar-refractivity contribution in [3.8, 4) is 0 Å². The van der Waals surface area contributed by atoms with Crippen molar-refractivity contribution in [3.05, 3.63) is 70.6 Å². The molecule has 2 aromatic carbocycles. The number of likely N-dealkylation sites (tertiary alicyclic amines) is 1. The van der Waals surface area contributed by atoms with Crippen LogP contribution in [0.2, 0.25) is 0 Å². The molecule has 2 atom stereocenters. The van der Waals surface area contributed by atoms with Crippen molar-refractivity contribution in [1.29, 1.82) is 0 Å². The van der Waals surface area contributed by atoms with E-state index in [1.165, 1.54) is 24.3 Å². The molecule has 1 aliphatic rings. The monoisotopic (exact) mass is 296 g/mol. The molecule has 0 spiro atoms. The molecule has 1 aliphatic heterocycles. The highest BCUT2D eigenvalue weighted by Gasteiger charge is 2.50. The Morgan fingerprint density at radius 3 is 2.27 bits per heavy atom. The van der Waals surface area contributed by atoms with Crippen LogP contribution in [0.25, 0.3) is 0 Å². The summed E-state index contributed by atoms with van der Waals surface area (Å²) >= 11 is 0. The molecule has 0 saturated carbocycles. The number of hydrogen-bond acceptors (Lipinski definition) is 5. The molecule has 3 rings (SSSR count). The number of β-lactam (4-membered cyclic amide) rings is 1. The van der Waals surface area contributed by atoms with E-state index in [0.717, 1.165) is 4.90 Å². The predicted molar refractivity (Wildman–Crippen MR) is 78.3 cm³/mol. The molecular formula is C16H12N2O4. The number of nitroso groups, excluding NO2 is 1. The first-order valence-electron chi connectivity index (χ1n) is 6.67. The van der Waals surface area contributed by atoms with Gasteiger partial charge in [0.05, 0.1) is 0 Å². The highest BCUT2D eigenvalue weighted by Crippen LogP contribution is 2.36. The maximum absolute atomic E-state index is 12.5. The van der Waals surface area contributed by atoms with E-state index in [-0.39, 0.29) is 11.3 Å². The maximum atomic E-state index is 12.5. The molecule has 1 saturated heterocycles. The summed E-state index contributed by atoms with van der Waals surface area (Å²) in [5.74, 6) is -1.14. The zero-order chi connectivity index (χ0) is 15.7. The molecule has 2 aromatic rings. The normalized spacial score (nSPS) is 20.4. The van der Waals surface area contributed by atoms with Gasteiger partial charge in [-0.25, -0.2) is 0 Å². The summed E-state index contributed by atoms with van der Waals surface area (Å²) in [7, 11) is 0. The molecule has 6 nitrogen and oxygen atoms in total. The molecule has 1 N–H and O–H groups in total. The lowest BCUT2D eigenvalue weighted by atomic mass is 9.90. The SMILES string of the molecule is O=Nc1ccc(C(=O)N2C(=O)[C@H](O)[C@@H]2c2ccccc2)cc1. The number of hydrogen-bond donors (Lipinski definition) is 1. The number of benzene rings is 2. The van der Waals surface area contributed by atoms with Gasteiger partial charge in [-0.1, -0.05) is 30.3 Å². The van der Waals surface area contributed by atoms with Crippen LogP contribution in [0.4, 0.5) is 5.69 Å². The third-order valence-corrected chi connectivity index (χ3v) is 3.65. The second kappa shape index (κ2) is 5.50. The van der Waals surface area contributed by atoms with E-state index in [4.69, 9.17) is 0 Å². The minimum Gasteiger partial charge on any atom is -0.381 e. The molecule has 0 unspecified atom stereocenters. The minimum atomic E-state index is -1.22. The summed E-state index contributed by atoms with van der Waals surface area (Å²) in [6, 6.07) is 13.8. The van der Waals surface area contributed by atoms with Gasteiger partial charge in [0.15, 0.2) is 6.10 Å². The minimum absolute atomic E-state index is 0.200. The van der Waals surface area contributed by atoms with E-state index in [2.05, 4.69) is 5.18 Å². The van der Waals surface area contributed by atoms with E-state index < -0.39 is 24.0 Å². The first-order valence-corrected chi connectivity index (χ1v) is 6.67. The zero-order valence-corrected chi connectivity index (χ0v) is 11.4. The van der Waals surface area contributed by atoms with Crippen molar-refractivity contribution in [2.75, 3.05) is 0 Å². The molecule has 0 aromatic heterocycles. The molecule has 0 radical (unpaired) electrons.